The zero-order valence-corrected chi connectivity index (χ0v) is 21.7. The number of ether oxygens (including phenoxy) is 2. The molecule has 0 atom stereocenters. The van der Waals surface area contributed by atoms with Crippen LogP contribution in [-0.2, 0) is 11.3 Å². The predicted molar refractivity (Wildman–Crippen MR) is 142 cm³/mol. The first kappa shape index (κ1) is 27.4. The van der Waals surface area contributed by atoms with Crippen LogP contribution in [0.2, 0.25) is 0 Å². The summed E-state index contributed by atoms with van der Waals surface area (Å²) in [6.07, 6.45) is 9.17. The van der Waals surface area contributed by atoms with Crippen molar-refractivity contribution in [1.29, 1.82) is 0 Å². The summed E-state index contributed by atoms with van der Waals surface area (Å²) in [7, 11) is 3.45. The van der Waals surface area contributed by atoms with Crippen LogP contribution in [0.3, 0.4) is 0 Å². The minimum absolute atomic E-state index is 0.00617. The lowest BCUT2D eigenvalue weighted by molar-refractivity contribution is -0.118. The first-order chi connectivity index (χ1) is 18.8. The van der Waals surface area contributed by atoms with E-state index in [4.69, 9.17) is 21.6 Å². The van der Waals surface area contributed by atoms with Crippen molar-refractivity contribution in [3.05, 3.63) is 64.9 Å². The second-order valence-corrected chi connectivity index (χ2v) is 8.83. The molecule has 4 rings (SSSR count). The minimum atomic E-state index is -1.01. The second kappa shape index (κ2) is 12.3. The molecular weight excluding hydrogens is 508 g/mol. The van der Waals surface area contributed by atoms with Crippen LogP contribution in [0.5, 0.6) is 11.5 Å². The number of terminal acetylenes is 1. The van der Waals surface area contributed by atoms with Crippen molar-refractivity contribution in [1.82, 2.24) is 14.7 Å². The number of halogens is 2. The largest absolute Gasteiger partial charge is 0.493 e. The van der Waals surface area contributed by atoms with Crippen LogP contribution >= 0.6 is 0 Å². The molecule has 1 aliphatic heterocycles. The third kappa shape index (κ3) is 6.45. The number of anilines is 2. The van der Waals surface area contributed by atoms with E-state index in [1.54, 1.807) is 18.3 Å². The minimum Gasteiger partial charge on any atom is -0.493 e. The van der Waals surface area contributed by atoms with Gasteiger partial charge in [0, 0.05) is 24.0 Å². The molecule has 1 amide bonds. The van der Waals surface area contributed by atoms with E-state index in [9.17, 15) is 13.6 Å². The summed E-state index contributed by atoms with van der Waals surface area (Å²) in [6, 6.07) is 7.40. The predicted octanol–water partition coefficient (Wildman–Crippen LogP) is 1.26. The van der Waals surface area contributed by atoms with Gasteiger partial charge in [-0.3, -0.25) is 19.4 Å². The lowest BCUT2D eigenvalue weighted by atomic mass is 10.2. The summed E-state index contributed by atoms with van der Waals surface area (Å²) in [6.45, 7) is 1.63. The van der Waals surface area contributed by atoms with E-state index in [2.05, 4.69) is 21.3 Å². The van der Waals surface area contributed by atoms with E-state index >= 15 is 0 Å². The Hall–Kier alpha value is -4.63. The number of aromatic nitrogens is 2. The Bertz CT molecular complexity index is 1520. The number of fused-ring (bicyclic) bond motifs is 1. The van der Waals surface area contributed by atoms with Crippen LogP contribution in [-0.4, -0.2) is 61.1 Å². The normalized spacial score (nSPS) is 12.5. The van der Waals surface area contributed by atoms with E-state index in [1.165, 1.54) is 35.0 Å². The highest BCUT2D eigenvalue weighted by Gasteiger charge is 2.23. The number of rotatable bonds is 12. The average Bonchev–Trinajstić information content (AvgIpc) is 3.34. The summed E-state index contributed by atoms with van der Waals surface area (Å²) in [4.78, 5) is 19.4. The van der Waals surface area contributed by atoms with Gasteiger partial charge in [-0.2, -0.15) is 5.10 Å². The molecule has 3 aromatic rings. The first-order valence-electron chi connectivity index (χ1n) is 12.1. The molecule has 0 bridgehead atoms. The smallest absolute Gasteiger partial charge is 0.239 e. The number of nitrogens with one attached hydrogen (secondary N) is 1. The van der Waals surface area contributed by atoms with Gasteiger partial charge in [0.2, 0.25) is 5.91 Å². The fourth-order valence-electron chi connectivity index (χ4n) is 4.10. The Kier molecular flexibility index (Phi) is 8.63. The third-order valence-electron chi connectivity index (χ3n) is 5.93. The molecule has 2 heterocycles. The number of nitrogens with two attached hydrogens (primary N) is 1. The summed E-state index contributed by atoms with van der Waals surface area (Å²) >= 11 is 0. The van der Waals surface area contributed by atoms with Crippen molar-refractivity contribution in [3.8, 4) is 23.8 Å². The summed E-state index contributed by atoms with van der Waals surface area (Å²) in [5, 5.41) is 8.47. The highest BCUT2D eigenvalue weighted by molar-refractivity contribution is 5.78. The molecule has 1 aliphatic rings. The summed E-state index contributed by atoms with van der Waals surface area (Å²) in [5.74, 6) is 1.39. The number of hydrogen-bond acceptors (Lipinski definition) is 8. The standard InChI is InChI=1S/C27H29F2N7O3/c1-4-9-34(2)10-6-11-39-24-13-21-19(12-23(24)38-3)27(33-18-14-32-35(15-18)16-25(30)37)36(17-31-21)22-8-5-7-20(28)26(22)29/h1,5,7-8,12-15,33H,6,9-11,16-17H2,2-3H3,(H2,30,37). The average molecular weight is 538 g/mol. The van der Waals surface area contributed by atoms with E-state index in [0.29, 0.717) is 46.7 Å². The van der Waals surface area contributed by atoms with E-state index < -0.39 is 17.5 Å². The van der Waals surface area contributed by atoms with Crippen molar-refractivity contribution in [2.75, 3.05) is 50.7 Å². The van der Waals surface area contributed by atoms with Gasteiger partial charge in [-0.15, -0.1) is 6.42 Å². The number of amides is 1. The SMILES string of the molecule is C#CCN(C)CCCOc1cc2c(cc1OC)=C(Nc1cnn(CC(N)=O)c1)N(c1cccc(F)c1F)CN=2. The number of primary amides is 1. The zero-order valence-electron chi connectivity index (χ0n) is 21.7. The number of nitrogens with zero attached hydrogens (tertiary/aromatic N) is 5. The van der Waals surface area contributed by atoms with Crippen LogP contribution in [0.15, 0.2) is 47.7 Å². The van der Waals surface area contributed by atoms with Crippen molar-refractivity contribution < 1.29 is 23.0 Å². The molecule has 0 saturated carbocycles. The number of hydrogen-bond donors (Lipinski definition) is 2. The maximum atomic E-state index is 14.9. The molecule has 0 aliphatic carbocycles. The molecule has 204 valence electrons. The maximum Gasteiger partial charge on any atom is 0.239 e. The van der Waals surface area contributed by atoms with Crippen molar-refractivity contribution >= 4 is 23.1 Å². The van der Waals surface area contributed by atoms with Crippen LogP contribution in [0.4, 0.5) is 20.2 Å². The number of benzene rings is 2. The van der Waals surface area contributed by atoms with Crippen molar-refractivity contribution in [2.24, 2.45) is 10.7 Å². The molecule has 2 aromatic carbocycles. The Morgan fingerprint density at radius 1 is 1.31 bits per heavy atom. The lowest BCUT2D eigenvalue weighted by Gasteiger charge is -2.29. The third-order valence-corrected chi connectivity index (χ3v) is 5.93. The van der Waals surface area contributed by atoms with Crippen LogP contribution in [0, 0.1) is 24.0 Å². The number of carbonyl (C=O) groups is 1. The fraction of sp³-hybridized carbons (Fsp3) is 0.296. The van der Waals surface area contributed by atoms with Gasteiger partial charge >= 0.3 is 0 Å². The fourth-order valence-corrected chi connectivity index (χ4v) is 4.10. The molecule has 0 radical (unpaired) electrons. The molecule has 39 heavy (non-hydrogen) atoms. The van der Waals surface area contributed by atoms with Gasteiger partial charge in [-0.1, -0.05) is 12.0 Å². The summed E-state index contributed by atoms with van der Waals surface area (Å²) < 4.78 is 42.0. The number of carbonyl (C=O) groups excluding carboxylic acids is 1. The molecule has 3 N–H and O–H groups in total. The quantitative estimate of drug-likeness (QED) is 0.265. The van der Waals surface area contributed by atoms with Gasteiger partial charge in [0.15, 0.2) is 23.1 Å². The van der Waals surface area contributed by atoms with Gasteiger partial charge in [0.05, 0.1) is 43.2 Å². The Labute approximate surface area is 224 Å². The maximum absolute atomic E-state index is 14.9. The second-order valence-electron chi connectivity index (χ2n) is 8.83. The molecule has 0 fully saturated rings. The van der Waals surface area contributed by atoms with E-state index in [0.717, 1.165) is 19.0 Å². The van der Waals surface area contributed by atoms with Crippen molar-refractivity contribution in [2.45, 2.75) is 13.0 Å². The lowest BCUT2D eigenvalue weighted by Crippen LogP contribution is -2.43. The molecule has 10 nitrogen and oxygen atoms in total. The molecule has 1 aromatic heterocycles. The highest BCUT2D eigenvalue weighted by Crippen LogP contribution is 2.28. The molecule has 0 unspecified atom stereocenters. The van der Waals surface area contributed by atoms with Gasteiger partial charge in [-0.25, -0.2) is 8.78 Å². The van der Waals surface area contributed by atoms with Crippen LogP contribution in [0.25, 0.3) is 5.82 Å². The van der Waals surface area contributed by atoms with Crippen LogP contribution < -0.4 is 36.0 Å². The topological polar surface area (TPSA) is 110 Å². The Morgan fingerprint density at radius 3 is 2.87 bits per heavy atom. The van der Waals surface area contributed by atoms with Gasteiger partial charge in [0.1, 0.15) is 19.0 Å². The van der Waals surface area contributed by atoms with E-state index in [1.807, 2.05) is 11.9 Å². The monoisotopic (exact) mass is 537 g/mol. The number of methoxy groups -OCH3 is 1. The molecular formula is C27H29F2N7O3. The zero-order chi connectivity index (χ0) is 27.9. The van der Waals surface area contributed by atoms with Gasteiger partial charge < -0.3 is 25.4 Å². The summed E-state index contributed by atoms with van der Waals surface area (Å²) in [5.41, 5.74) is 5.76. The highest BCUT2D eigenvalue weighted by atomic mass is 19.2. The van der Waals surface area contributed by atoms with Gasteiger partial charge in [0.25, 0.3) is 0 Å². The van der Waals surface area contributed by atoms with Crippen molar-refractivity contribution in [3.63, 3.8) is 0 Å². The molecule has 0 saturated heterocycles. The Balaban J connectivity index is 1.73. The molecule has 12 heteroatoms. The van der Waals surface area contributed by atoms with E-state index in [-0.39, 0.29) is 18.9 Å². The Morgan fingerprint density at radius 2 is 2.13 bits per heavy atom. The van der Waals surface area contributed by atoms with Gasteiger partial charge in [-0.05, 0) is 31.7 Å². The first-order valence-corrected chi connectivity index (χ1v) is 12.1. The molecule has 0 spiro atoms. The van der Waals surface area contributed by atoms with Crippen LogP contribution in [0.1, 0.15) is 6.42 Å².